The molecule has 4 nitrogen and oxygen atoms in total. The van der Waals surface area contributed by atoms with E-state index in [-0.39, 0.29) is 6.79 Å². The lowest BCUT2D eigenvalue weighted by Crippen LogP contribution is -1.92. The van der Waals surface area contributed by atoms with E-state index in [2.05, 4.69) is 4.98 Å². The molecule has 2 aromatic rings. The molecule has 5 heteroatoms. The molecule has 1 aromatic carbocycles. The van der Waals surface area contributed by atoms with Gasteiger partial charge in [-0.2, -0.15) is 0 Å². The summed E-state index contributed by atoms with van der Waals surface area (Å²) in [6.45, 7) is 0.251. The zero-order valence-electron chi connectivity index (χ0n) is 9.43. The van der Waals surface area contributed by atoms with Crippen molar-refractivity contribution < 1.29 is 14.2 Å². The number of hydrogen-bond donors (Lipinski definition) is 0. The third-order valence-corrected chi connectivity index (χ3v) is 2.83. The molecule has 92 valence electrons. The molecule has 0 unspecified atom stereocenters. The first-order chi connectivity index (χ1) is 8.85. The van der Waals surface area contributed by atoms with Gasteiger partial charge in [-0.3, -0.25) is 0 Å². The van der Waals surface area contributed by atoms with Gasteiger partial charge in [0.05, 0.1) is 0 Å². The van der Waals surface area contributed by atoms with E-state index in [1.165, 1.54) is 0 Å². The summed E-state index contributed by atoms with van der Waals surface area (Å²) in [7, 11) is 0. The fraction of sp³-hybridized carbons (Fsp3) is 0.154. The first-order valence-corrected chi connectivity index (χ1v) is 5.97. The number of rotatable bonds is 3. The van der Waals surface area contributed by atoms with Gasteiger partial charge in [-0.25, -0.2) is 4.98 Å². The van der Waals surface area contributed by atoms with Crippen molar-refractivity contribution in [1.82, 2.24) is 4.98 Å². The Bertz CT molecular complexity index is 557. The molecule has 1 aliphatic rings. The SMILES string of the molecule is ClCc1ccc(Oc2ccc3c(c2)OCO3)nc1. The fourth-order valence-corrected chi connectivity index (χ4v) is 1.77. The number of hydrogen-bond acceptors (Lipinski definition) is 4. The molecule has 18 heavy (non-hydrogen) atoms. The summed E-state index contributed by atoms with van der Waals surface area (Å²) in [5, 5.41) is 0. The minimum Gasteiger partial charge on any atom is -0.454 e. The largest absolute Gasteiger partial charge is 0.454 e. The molecule has 1 aromatic heterocycles. The van der Waals surface area contributed by atoms with Gasteiger partial charge in [0.25, 0.3) is 0 Å². The Labute approximate surface area is 109 Å². The van der Waals surface area contributed by atoms with Gasteiger partial charge < -0.3 is 14.2 Å². The van der Waals surface area contributed by atoms with Gasteiger partial charge in [-0.05, 0) is 17.7 Å². The van der Waals surface area contributed by atoms with Crippen LogP contribution in [0.15, 0.2) is 36.5 Å². The molecule has 0 radical (unpaired) electrons. The third-order valence-electron chi connectivity index (χ3n) is 2.52. The Kier molecular flexibility index (Phi) is 2.94. The number of nitrogens with zero attached hydrogens (tertiary/aromatic N) is 1. The molecule has 0 N–H and O–H groups in total. The fourth-order valence-electron chi connectivity index (χ4n) is 1.61. The lowest BCUT2D eigenvalue weighted by atomic mass is 10.3. The summed E-state index contributed by atoms with van der Waals surface area (Å²) in [5.74, 6) is 3.03. The first-order valence-electron chi connectivity index (χ1n) is 5.43. The van der Waals surface area contributed by atoms with Crippen molar-refractivity contribution in [1.29, 1.82) is 0 Å². The average Bonchev–Trinajstić information content (AvgIpc) is 2.87. The van der Waals surface area contributed by atoms with Gasteiger partial charge in [0, 0.05) is 24.2 Å². The molecule has 0 saturated heterocycles. The molecule has 3 rings (SSSR count). The standard InChI is InChI=1S/C13H10ClNO3/c14-6-9-1-4-13(15-7-9)18-10-2-3-11-12(5-10)17-8-16-11/h1-5,7H,6,8H2. The Hall–Kier alpha value is -1.94. The number of fused-ring (bicyclic) bond motifs is 1. The number of ether oxygens (including phenoxy) is 3. The summed E-state index contributed by atoms with van der Waals surface area (Å²) in [4.78, 5) is 4.16. The molecule has 2 heterocycles. The maximum absolute atomic E-state index is 5.69. The molecule has 0 aliphatic carbocycles. The van der Waals surface area contributed by atoms with E-state index >= 15 is 0 Å². The molecular formula is C13H10ClNO3. The predicted octanol–water partition coefficient (Wildman–Crippen LogP) is 3.34. The predicted molar refractivity (Wildman–Crippen MR) is 66.4 cm³/mol. The Morgan fingerprint density at radius 3 is 2.83 bits per heavy atom. The maximum Gasteiger partial charge on any atom is 0.231 e. The molecule has 0 bridgehead atoms. The van der Waals surface area contributed by atoms with Crippen LogP contribution in [-0.2, 0) is 5.88 Å². The van der Waals surface area contributed by atoms with E-state index in [4.69, 9.17) is 25.8 Å². The number of benzene rings is 1. The van der Waals surface area contributed by atoms with Gasteiger partial charge in [-0.1, -0.05) is 6.07 Å². The summed E-state index contributed by atoms with van der Waals surface area (Å²) < 4.78 is 16.1. The van der Waals surface area contributed by atoms with Crippen LogP contribution in [0.5, 0.6) is 23.1 Å². The lowest BCUT2D eigenvalue weighted by molar-refractivity contribution is 0.174. The van der Waals surface area contributed by atoms with E-state index in [0.29, 0.717) is 23.3 Å². The van der Waals surface area contributed by atoms with Gasteiger partial charge >= 0.3 is 0 Å². The van der Waals surface area contributed by atoms with Crippen LogP contribution in [0, 0.1) is 0 Å². The number of halogens is 1. The molecule has 0 amide bonds. The monoisotopic (exact) mass is 263 g/mol. The molecule has 0 fully saturated rings. The second-order valence-electron chi connectivity index (χ2n) is 3.76. The summed E-state index contributed by atoms with van der Waals surface area (Å²) in [6, 6.07) is 9.06. The normalized spacial score (nSPS) is 12.5. The summed E-state index contributed by atoms with van der Waals surface area (Å²) in [5.41, 5.74) is 0.953. The third kappa shape index (κ3) is 2.19. The van der Waals surface area contributed by atoms with Crippen LogP contribution in [0.2, 0.25) is 0 Å². The van der Waals surface area contributed by atoms with Crippen LogP contribution in [0.4, 0.5) is 0 Å². The van der Waals surface area contributed by atoms with Crippen molar-refractivity contribution >= 4 is 11.6 Å². The molecular weight excluding hydrogens is 254 g/mol. The van der Waals surface area contributed by atoms with Crippen molar-refractivity contribution in [3.63, 3.8) is 0 Å². The van der Waals surface area contributed by atoms with Gasteiger partial charge in [0.1, 0.15) is 5.75 Å². The van der Waals surface area contributed by atoms with Crippen molar-refractivity contribution in [3.8, 4) is 23.1 Å². The second kappa shape index (κ2) is 4.74. The highest BCUT2D eigenvalue weighted by Gasteiger charge is 2.14. The highest BCUT2D eigenvalue weighted by atomic mass is 35.5. The maximum atomic E-state index is 5.69. The van der Waals surface area contributed by atoms with Crippen LogP contribution in [0.25, 0.3) is 0 Å². The molecule has 1 aliphatic heterocycles. The van der Waals surface area contributed by atoms with Crippen LogP contribution in [0.3, 0.4) is 0 Å². The zero-order valence-corrected chi connectivity index (χ0v) is 10.2. The second-order valence-corrected chi connectivity index (χ2v) is 4.02. The van der Waals surface area contributed by atoms with Crippen molar-refractivity contribution in [2.45, 2.75) is 5.88 Å². The molecule has 0 spiro atoms. The minimum absolute atomic E-state index is 0.251. The summed E-state index contributed by atoms with van der Waals surface area (Å²) in [6.07, 6.45) is 1.69. The summed E-state index contributed by atoms with van der Waals surface area (Å²) >= 11 is 5.69. The average molecular weight is 264 g/mol. The van der Waals surface area contributed by atoms with Crippen LogP contribution >= 0.6 is 11.6 Å². The smallest absolute Gasteiger partial charge is 0.231 e. The molecule has 0 atom stereocenters. The van der Waals surface area contributed by atoms with Gasteiger partial charge in [-0.15, -0.1) is 11.6 Å². The van der Waals surface area contributed by atoms with E-state index < -0.39 is 0 Å². The van der Waals surface area contributed by atoms with Crippen molar-refractivity contribution in [2.75, 3.05) is 6.79 Å². The van der Waals surface area contributed by atoms with Crippen LogP contribution < -0.4 is 14.2 Å². The first kappa shape index (κ1) is 11.2. The zero-order chi connectivity index (χ0) is 12.4. The number of alkyl halides is 1. The van der Waals surface area contributed by atoms with E-state index in [9.17, 15) is 0 Å². The number of aromatic nitrogens is 1. The highest BCUT2D eigenvalue weighted by molar-refractivity contribution is 6.17. The van der Waals surface area contributed by atoms with Gasteiger partial charge in [0.15, 0.2) is 11.5 Å². The van der Waals surface area contributed by atoms with Crippen molar-refractivity contribution in [3.05, 3.63) is 42.1 Å². The minimum atomic E-state index is 0.251. The topological polar surface area (TPSA) is 40.6 Å². The van der Waals surface area contributed by atoms with Crippen LogP contribution in [-0.4, -0.2) is 11.8 Å². The van der Waals surface area contributed by atoms with Gasteiger partial charge in [0.2, 0.25) is 12.7 Å². The van der Waals surface area contributed by atoms with E-state index in [0.717, 1.165) is 11.3 Å². The Morgan fingerprint density at radius 2 is 2.06 bits per heavy atom. The number of pyridine rings is 1. The molecule has 0 saturated carbocycles. The highest BCUT2D eigenvalue weighted by Crippen LogP contribution is 2.36. The Morgan fingerprint density at radius 1 is 1.17 bits per heavy atom. The van der Waals surface area contributed by atoms with E-state index in [1.807, 2.05) is 18.2 Å². The lowest BCUT2D eigenvalue weighted by Gasteiger charge is -2.05. The Balaban J connectivity index is 1.79. The van der Waals surface area contributed by atoms with Crippen molar-refractivity contribution in [2.24, 2.45) is 0 Å². The van der Waals surface area contributed by atoms with Crippen LogP contribution in [0.1, 0.15) is 5.56 Å². The van der Waals surface area contributed by atoms with E-state index in [1.54, 1.807) is 18.3 Å². The quantitative estimate of drug-likeness (QED) is 0.797.